The summed E-state index contributed by atoms with van der Waals surface area (Å²) < 4.78 is 0. The zero-order chi connectivity index (χ0) is 19.0. The SMILES string of the molecule is Cc1cc(-c2nccs2)nc(C2CCN(C(=O)c3sc(C)nc3C)CC2)n1. The van der Waals surface area contributed by atoms with Gasteiger partial charge in [0, 0.05) is 36.3 Å². The number of likely N-dealkylation sites (tertiary alicyclic amines) is 1. The molecule has 0 aromatic carbocycles. The second-order valence-corrected chi connectivity index (χ2v) is 8.90. The Balaban J connectivity index is 1.48. The summed E-state index contributed by atoms with van der Waals surface area (Å²) in [6, 6.07) is 1.98. The number of carbonyl (C=O) groups excluding carboxylic acids is 1. The minimum Gasteiger partial charge on any atom is -0.338 e. The normalized spacial score (nSPS) is 15.3. The maximum Gasteiger partial charge on any atom is 0.265 e. The van der Waals surface area contributed by atoms with E-state index in [1.165, 1.54) is 11.3 Å². The third kappa shape index (κ3) is 3.77. The maximum absolute atomic E-state index is 12.8. The van der Waals surface area contributed by atoms with Crippen LogP contribution in [0.4, 0.5) is 0 Å². The Morgan fingerprint density at radius 3 is 2.56 bits per heavy atom. The number of piperidine rings is 1. The average Bonchev–Trinajstić information content (AvgIpc) is 3.30. The topological polar surface area (TPSA) is 71.9 Å². The number of thiazole rings is 2. The first-order valence-corrected chi connectivity index (χ1v) is 10.7. The molecule has 0 radical (unpaired) electrons. The summed E-state index contributed by atoms with van der Waals surface area (Å²) in [6.45, 7) is 7.30. The van der Waals surface area contributed by atoms with E-state index in [4.69, 9.17) is 4.98 Å². The summed E-state index contributed by atoms with van der Waals surface area (Å²) in [4.78, 5) is 33.7. The molecule has 1 aliphatic rings. The van der Waals surface area contributed by atoms with Gasteiger partial charge in [0.1, 0.15) is 21.4 Å². The molecule has 1 fully saturated rings. The number of hydrogen-bond donors (Lipinski definition) is 0. The van der Waals surface area contributed by atoms with Crippen LogP contribution in [0.3, 0.4) is 0 Å². The number of amides is 1. The molecule has 3 aromatic rings. The van der Waals surface area contributed by atoms with Gasteiger partial charge in [0.15, 0.2) is 0 Å². The molecule has 1 saturated heterocycles. The van der Waals surface area contributed by atoms with E-state index < -0.39 is 0 Å². The second kappa shape index (κ2) is 7.44. The Morgan fingerprint density at radius 1 is 1.15 bits per heavy atom. The fourth-order valence-corrected chi connectivity index (χ4v) is 4.93. The van der Waals surface area contributed by atoms with Gasteiger partial charge >= 0.3 is 0 Å². The Morgan fingerprint density at radius 2 is 1.93 bits per heavy atom. The largest absolute Gasteiger partial charge is 0.338 e. The summed E-state index contributed by atoms with van der Waals surface area (Å²) in [5.74, 6) is 1.25. The lowest BCUT2D eigenvalue weighted by Crippen LogP contribution is -2.38. The molecule has 0 unspecified atom stereocenters. The molecular formula is C19H21N5OS2. The minimum absolute atomic E-state index is 0.102. The predicted octanol–water partition coefficient (Wildman–Crippen LogP) is 4.00. The molecule has 8 heteroatoms. The number of rotatable bonds is 3. The van der Waals surface area contributed by atoms with E-state index in [1.807, 2.05) is 37.1 Å². The molecular weight excluding hydrogens is 378 g/mol. The van der Waals surface area contributed by atoms with Crippen molar-refractivity contribution in [2.75, 3.05) is 13.1 Å². The van der Waals surface area contributed by atoms with E-state index in [-0.39, 0.29) is 11.8 Å². The van der Waals surface area contributed by atoms with Crippen LogP contribution in [0.15, 0.2) is 17.6 Å². The van der Waals surface area contributed by atoms with Crippen molar-refractivity contribution in [2.24, 2.45) is 0 Å². The quantitative estimate of drug-likeness (QED) is 0.666. The highest BCUT2D eigenvalue weighted by Gasteiger charge is 2.28. The molecule has 4 rings (SSSR count). The smallest absolute Gasteiger partial charge is 0.265 e. The first kappa shape index (κ1) is 18.2. The van der Waals surface area contributed by atoms with Crippen molar-refractivity contribution in [3.8, 4) is 10.7 Å². The molecule has 0 saturated carbocycles. The lowest BCUT2D eigenvalue weighted by atomic mass is 9.95. The summed E-state index contributed by atoms with van der Waals surface area (Å²) in [5.41, 5.74) is 2.68. The lowest BCUT2D eigenvalue weighted by molar-refractivity contribution is 0.0715. The molecule has 6 nitrogen and oxygen atoms in total. The van der Waals surface area contributed by atoms with Crippen molar-refractivity contribution in [1.82, 2.24) is 24.8 Å². The third-order valence-electron chi connectivity index (χ3n) is 4.77. The van der Waals surface area contributed by atoms with Crippen molar-refractivity contribution in [3.05, 3.63) is 44.7 Å². The van der Waals surface area contributed by atoms with Gasteiger partial charge in [-0.1, -0.05) is 0 Å². The Kier molecular flexibility index (Phi) is 5.01. The van der Waals surface area contributed by atoms with Crippen LogP contribution in [0.2, 0.25) is 0 Å². The van der Waals surface area contributed by atoms with Crippen molar-refractivity contribution in [3.63, 3.8) is 0 Å². The van der Waals surface area contributed by atoms with Crippen LogP contribution in [0.1, 0.15) is 50.7 Å². The van der Waals surface area contributed by atoms with Crippen LogP contribution in [0.25, 0.3) is 10.7 Å². The molecule has 1 aliphatic heterocycles. The Bertz CT molecular complexity index is 959. The Hall–Kier alpha value is -2.19. The van der Waals surface area contributed by atoms with E-state index in [2.05, 4.69) is 15.0 Å². The van der Waals surface area contributed by atoms with Gasteiger partial charge in [-0.2, -0.15) is 0 Å². The van der Waals surface area contributed by atoms with Crippen LogP contribution in [0, 0.1) is 20.8 Å². The number of aryl methyl sites for hydroxylation is 3. The summed E-state index contributed by atoms with van der Waals surface area (Å²) in [6.07, 6.45) is 3.55. The van der Waals surface area contributed by atoms with Gasteiger partial charge in [-0.15, -0.1) is 22.7 Å². The lowest BCUT2D eigenvalue weighted by Gasteiger charge is -2.31. The van der Waals surface area contributed by atoms with Crippen molar-refractivity contribution in [2.45, 2.75) is 39.5 Å². The highest BCUT2D eigenvalue weighted by atomic mass is 32.1. The number of aromatic nitrogens is 4. The molecule has 0 atom stereocenters. The first-order valence-electron chi connectivity index (χ1n) is 9.00. The second-order valence-electron chi connectivity index (χ2n) is 6.80. The van der Waals surface area contributed by atoms with E-state index in [0.29, 0.717) is 0 Å². The van der Waals surface area contributed by atoms with E-state index in [0.717, 1.165) is 63.7 Å². The molecule has 3 aromatic heterocycles. The Labute approximate surface area is 166 Å². The minimum atomic E-state index is 0.102. The first-order chi connectivity index (χ1) is 13.0. The fourth-order valence-electron chi connectivity index (χ4n) is 3.45. The van der Waals surface area contributed by atoms with Gasteiger partial charge in [-0.25, -0.2) is 19.9 Å². The van der Waals surface area contributed by atoms with E-state index >= 15 is 0 Å². The zero-order valence-electron chi connectivity index (χ0n) is 15.6. The molecule has 140 valence electrons. The van der Waals surface area contributed by atoms with Gasteiger partial charge in [0.2, 0.25) is 0 Å². The standard InChI is InChI=1S/C19H21N5OS2/c1-11-10-15(18-20-6-9-26-18)23-17(21-11)14-4-7-24(8-5-14)19(25)16-12(2)22-13(3)27-16/h6,9-10,14H,4-5,7-8H2,1-3H3. The van der Waals surface area contributed by atoms with Crippen LogP contribution in [-0.2, 0) is 0 Å². The van der Waals surface area contributed by atoms with Crippen LogP contribution in [0.5, 0.6) is 0 Å². The summed E-state index contributed by atoms with van der Waals surface area (Å²) in [5, 5.41) is 3.82. The van der Waals surface area contributed by atoms with Gasteiger partial charge in [-0.3, -0.25) is 4.79 Å². The molecule has 0 N–H and O–H groups in total. The molecule has 0 spiro atoms. The number of nitrogens with zero attached hydrogens (tertiary/aromatic N) is 5. The van der Waals surface area contributed by atoms with Gasteiger partial charge in [0.05, 0.1) is 10.7 Å². The van der Waals surface area contributed by atoms with Crippen LogP contribution < -0.4 is 0 Å². The molecule has 0 bridgehead atoms. The number of carbonyl (C=O) groups is 1. The van der Waals surface area contributed by atoms with Crippen molar-refractivity contribution >= 4 is 28.6 Å². The highest BCUT2D eigenvalue weighted by Crippen LogP contribution is 2.30. The monoisotopic (exact) mass is 399 g/mol. The zero-order valence-corrected chi connectivity index (χ0v) is 17.2. The fraction of sp³-hybridized carbons (Fsp3) is 0.421. The van der Waals surface area contributed by atoms with Gasteiger partial charge in [0.25, 0.3) is 5.91 Å². The molecule has 27 heavy (non-hydrogen) atoms. The van der Waals surface area contributed by atoms with Crippen molar-refractivity contribution in [1.29, 1.82) is 0 Å². The number of hydrogen-bond acceptors (Lipinski definition) is 7. The highest BCUT2D eigenvalue weighted by molar-refractivity contribution is 7.13. The van der Waals surface area contributed by atoms with Crippen LogP contribution >= 0.6 is 22.7 Å². The summed E-state index contributed by atoms with van der Waals surface area (Å²) in [7, 11) is 0. The van der Waals surface area contributed by atoms with E-state index in [9.17, 15) is 4.79 Å². The third-order valence-corrected chi connectivity index (χ3v) is 6.62. The average molecular weight is 400 g/mol. The molecule has 1 amide bonds. The summed E-state index contributed by atoms with van der Waals surface area (Å²) >= 11 is 3.07. The van der Waals surface area contributed by atoms with E-state index in [1.54, 1.807) is 17.5 Å². The van der Waals surface area contributed by atoms with Crippen LogP contribution in [-0.4, -0.2) is 43.8 Å². The molecule has 4 heterocycles. The van der Waals surface area contributed by atoms with Crippen molar-refractivity contribution < 1.29 is 4.79 Å². The molecule has 0 aliphatic carbocycles. The van der Waals surface area contributed by atoms with Gasteiger partial charge in [-0.05, 0) is 39.7 Å². The van der Waals surface area contributed by atoms with Gasteiger partial charge < -0.3 is 4.90 Å². The predicted molar refractivity (Wildman–Crippen MR) is 107 cm³/mol. The maximum atomic E-state index is 12.8.